The third-order valence-electron chi connectivity index (χ3n) is 3.97. The van der Waals surface area contributed by atoms with Gasteiger partial charge in [0.1, 0.15) is 0 Å². The van der Waals surface area contributed by atoms with Crippen molar-refractivity contribution in [3.05, 3.63) is 11.8 Å². The molecule has 0 unspecified atom stereocenters. The zero-order valence-electron chi connectivity index (χ0n) is 11.5. The lowest BCUT2D eigenvalue weighted by atomic mass is 9.79. The van der Waals surface area contributed by atoms with Gasteiger partial charge in [0.15, 0.2) is 0 Å². The van der Waals surface area contributed by atoms with Crippen molar-refractivity contribution in [3.63, 3.8) is 0 Å². The zero-order valence-corrected chi connectivity index (χ0v) is 11.5. The summed E-state index contributed by atoms with van der Waals surface area (Å²) in [5, 5.41) is 17.2. The van der Waals surface area contributed by atoms with Gasteiger partial charge in [-0.2, -0.15) is 0 Å². The Balaban J connectivity index is 2.00. The first-order chi connectivity index (χ1) is 9.13. The zero-order chi connectivity index (χ0) is 13.7. The highest BCUT2D eigenvalue weighted by atomic mass is 16.4. The summed E-state index contributed by atoms with van der Waals surface area (Å²) >= 11 is 0. The Morgan fingerprint density at radius 1 is 1.32 bits per heavy atom. The van der Waals surface area contributed by atoms with Crippen LogP contribution in [0.2, 0.25) is 0 Å². The van der Waals surface area contributed by atoms with E-state index in [9.17, 15) is 4.79 Å². The first kappa shape index (κ1) is 14.0. The molecule has 1 N–H and O–H groups in total. The SMILES string of the molecule is CCCCc1nnc(CC2(CC(=O)O)CCCC2)o1. The van der Waals surface area contributed by atoms with Gasteiger partial charge < -0.3 is 9.52 Å². The van der Waals surface area contributed by atoms with E-state index in [-0.39, 0.29) is 11.8 Å². The second-order valence-corrected chi connectivity index (χ2v) is 5.65. The van der Waals surface area contributed by atoms with Crippen molar-refractivity contribution in [2.45, 2.75) is 64.7 Å². The standard InChI is InChI=1S/C14H22N2O3/c1-2-3-6-11-15-16-12(19-11)9-14(10-13(17)18)7-4-5-8-14/h2-10H2,1H3,(H,17,18). The molecule has 5 nitrogen and oxygen atoms in total. The van der Waals surface area contributed by atoms with Crippen LogP contribution in [-0.2, 0) is 17.6 Å². The number of carboxylic acid groups (broad SMARTS) is 1. The van der Waals surface area contributed by atoms with Gasteiger partial charge in [0.25, 0.3) is 0 Å². The Hall–Kier alpha value is -1.39. The molecule has 0 spiro atoms. The van der Waals surface area contributed by atoms with Crippen molar-refractivity contribution in [1.82, 2.24) is 10.2 Å². The molecule has 0 saturated heterocycles. The minimum atomic E-state index is -0.729. The molecule has 1 aromatic rings. The number of carbonyl (C=O) groups is 1. The molecule has 1 aromatic heterocycles. The van der Waals surface area contributed by atoms with Gasteiger partial charge >= 0.3 is 5.97 Å². The molecule has 0 amide bonds. The highest BCUT2D eigenvalue weighted by molar-refractivity contribution is 5.67. The largest absolute Gasteiger partial charge is 0.481 e. The summed E-state index contributed by atoms with van der Waals surface area (Å²) < 4.78 is 5.64. The van der Waals surface area contributed by atoms with Crippen molar-refractivity contribution in [2.75, 3.05) is 0 Å². The van der Waals surface area contributed by atoms with E-state index in [0.29, 0.717) is 18.2 Å². The van der Waals surface area contributed by atoms with Crippen molar-refractivity contribution >= 4 is 5.97 Å². The highest BCUT2D eigenvalue weighted by Gasteiger charge is 2.37. The van der Waals surface area contributed by atoms with E-state index in [2.05, 4.69) is 17.1 Å². The summed E-state index contributed by atoms with van der Waals surface area (Å²) in [6.07, 6.45) is 7.88. The number of nitrogens with zero attached hydrogens (tertiary/aromatic N) is 2. The molecule has 0 radical (unpaired) electrons. The minimum Gasteiger partial charge on any atom is -0.481 e. The molecule has 1 aliphatic rings. The molecule has 5 heteroatoms. The third-order valence-corrected chi connectivity index (χ3v) is 3.97. The Morgan fingerprint density at radius 2 is 2.00 bits per heavy atom. The molecule has 0 aromatic carbocycles. The lowest BCUT2D eigenvalue weighted by Gasteiger charge is -2.24. The number of unbranched alkanes of at least 4 members (excludes halogenated alkanes) is 1. The van der Waals surface area contributed by atoms with Crippen molar-refractivity contribution < 1.29 is 14.3 Å². The van der Waals surface area contributed by atoms with Crippen LogP contribution in [0, 0.1) is 5.41 Å². The summed E-state index contributed by atoms with van der Waals surface area (Å²) in [6, 6.07) is 0. The summed E-state index contributed by atoms with van der Waals surface area (Å²) in [6.45, 7) is 2.12. The van der Waals surface area contributed by atoms with E-state index in [0.717, 1.165) is 44.9 Å². The fourth-order valence-corrected chi connectivity index (χ4v) is 2.97. The monoisotopic (exact) mass is 266 g/mol. The van der Waals surface area contributed by atoms with E-state index in [1.807, 2.05) is 0 Å². The van der Waals surface area contributed by atoms with Gasteiger partial charge in [0.05, 0.1) is 6.42 Å². The van der Waals surface area contributed by atoms with Gasteiger partial charge in [0.2, 0.25) is 11.8 Å². The van der Waals surface area contributed by atoms with Crippen LogP contribution < -0.4 is 0 Å². The van der Waals surface area contributed by atoms with Crippen LogP contribution in [0.4, 0.5) is 0 Å². The lowest BCUT2D eigenvalue weighted by molar-refractivity contribution is -0.139. The Morgan fingerprint density at radius 3 is 2.63 bits per heavy atom. The number of aromatic nitrogens is 2. The van der Waals surface area contributed by atoms with Crippen molar-refractivity contribution in [1.29, 1.82) is 0 Å². The quantitative estimate of drug-likeness (QED) is 0.821. The van der Waals surface area contributed by atoms with Gasteiger partial charge in [-0.05, 0) is 24.7 Å². The minimum absolute atomic E-state index is 0.166. The van der Waals surface area contributed by atoms with Gasteiger partial charge in [-0.3, -0.25) is 4.79 Å². The van der Waals surface area contributed by atoms with Crippen molar-refractivity contribution in [2.24, 2.45) is 5.41 Å². The van der Waals surface area contributed by atoms with Gasteiger partial charge in [-0.15, -0.1) is 10.2 Å². The predicted molar refractivity (Wildman–Crippen MR) is 69.8 cm³/mol. The van der Waals surface area contributed by atoms with Crippen LogP contribution >= 0.6 is 0 Å². The lowest BCUT2D eigenvalue weighted by Crippen LogP contribution is -2.23. The normalized spacial score (nSPS) is 17.7. The maximum absolute atomic E-state index is 11.0. The molecule has 0 aliphatic heterocycles. The van der Waals surface area contributed by atoms with E-state index in [4.69, 9.17) is 9.52 Å². The highest BCUT2D eigenvalue weighted by Crippen LogP contribution is 2.43. The number of hydrogen-bond donors (Lipinski definition) is 1. The molecule has 1 heterocycles. The first-order valence-corrected chi connectivity index (χ1v) is 7.17. The summed E-state index contributed by atoms with van der Waals surface area (Å²) in [5.74, 6) is 0.558. The van der Waals surface area contributed by atoms with E-state index < -0.39 is 5.97 Å². The van der Waals surface area contributed by atoms with Gasteiger partial charge in [-0.1, -0.05) is 26.2 Å². The van der Waals surface area contributed by atoms with Crippen LogP contribution in [0.3, 0.4) is 0 Å². The molecule has 106 valence electrons. The Labute approximate surface area is 113 Å². The topological polar surface area (TPSA) is 76.2 Å². The average molecular weight is 266 g/mol. The maximum Gasteiger partial charge on any atom is 0.303 e. The maximum atomic E-state index is 11.0. The molecular weight excluding hydrogens is 244 g/mol. The molecule has 0 atom stereocenters. The van der Waals surface area contributed by atoms with Crippen LogP contribution in [0.5, 0.6) is 0 Å². The van der Waals surface area contributed by atoms with Crippen LogP contribution in [0.25, 0.3) is 0 Å². The number of hydrogen-bond acceptors (Lipinski definition) is 4. The fraction of sp³-hybridized carbons (Fsp3) is 0.786. The number of carboxylic acids is 1. The predicted octanol–water partition coefficient (Wildman–Crippen LogP) is 2.99. The van der Waals surface area contributed by atoms with Crippen LogP contribution in [0.1, 0.15) is 63.7 Å². The van der Waals surface area contributed by atoms with Gasteiger partial charge in [0, 0.05) is 12.8 Å². The first-order valence-electron chi connectivity index (χ1n) is 7.17. The molecule has 1 aliphatic carbocycles. The molecule has 0 bridgehead atoms. The Kier molecular flexibility index (Phi) is 4.56. The summed E-state index contributed by atoms with van der Waals surface area (Å²) in [4.78, 5) is 11.0. The van der Waals surface area contributed by atoms with Crippen LogP contribution in [0.15, 0.2) is 4.42 Å². The van der Waals surface area contributed by atoms with E-state index >= 15 is 0 Å². The van der Waals surface area contributed by atoms with Crippen molar-refractivity contribution in [3.8, 4) is 0 Å². The third kappa shape index (κ3) is 3.78. The summed E-state index contributed by atoms with van der Waals surface area (Å²) in [7, 11) is 0. The molecule has 19 heavy (non-hydrogen) atoms. The molecule has 2 rings (SSSR count). The number of aliphatic carboxylic acids is 1. The number of aryl methyl sites for hydroxylation is 1. The second kappa shape index (κ2) is 6.17. The molecular formula is C14H22N2O3. The molecule has 1 fully saturated rings. The Bertz CT molecular complexity index is 422. The molecule has 1 saturated carbocycles. The second-order valence-electron chi connectivity index (χ2n) is 5.65. The van der Waals surface area contributed by atoms with Gasteiger partial charge in [-0.25, -0.2) is 0 Å². The average Bonchev–Trinajstić information content (AvgIpc) is 2.96. The number of rotatable bonds is 7. The smallest absolute Gasteiger partial charge is 0.303 e. The van der Waals surface area contributed by atoms with E-state index in [1.165, 1.54) is 0 Å². The summed E-state index contributed by atoms with van der Waals surface area (Å²) in [5.41, 5.74) is -0.166. The fourth-order valence-electron chi connectivity index (χ4n) is 2.97. The van der Waals surface area contributed by atoms with E-state index in [1.54, 1.807) is 0 Å². The van der Waals surface area contributed by atoms with Crippen LogP contribution in [-0.4, -0.2) is 21.3 Å².